The summed E-state index contributed by atoms with van der Waals surface area (Å²) in [7, 11) is 0. The molecule has 0 aromatic rings. The van der Waals surface area contributed by atoms with Crippen LogP contribution in [0.4, 0.5) is 0 Å². The van der Waals surface area contributed by atoms with Gasteiger partial charge in [0.25, 0.3) is 0 Å². The molecule has 0 aromatic heterocycles. The minimum Gasteiger partial charge on any atom is -0.466 e. The fraction of sp³-hybridized carbons (Fsp3) is 0.800. The van der Waals surface area contributed by atoms with Gasteiger partial charge in [-0.1, -0.05) is 6.92 Å². The number of carbonyl (C=O) groups excluding carboxylic acids is 1. The molecule has 2 nitrogen and oxygen atoms in total. The predicted octanol–water partition coefficient (Wildman–Crippen LogP) is 0.957. The molecule has 3 heteroatoms. The molecule has 8 heavy (non-hydrogen) atoms. The summed E-state index contributed by atoms with van der Waals surface area (Å²) in [5, 5.41) is 0. The van der Waals surface area contributed by atoms with Gasteiger partial charge in [-0.25, -0.2) is 0 Å². The van der Waals surface area contributed by atoms with Crippen LogP contribution in [-0.4, -0.2) is 12.6 Å². The Morgan fingerprint density at radius 1 is 1.62 bits per heavy atom. The Morgan fingerprint density at radius 3 is 2.25 bits per heavy atom. The van der Waals surface area contributed by atoms with Crippen molar-refractivity contribution < 1.29 is 28.1 Å². The number of ether oxygens (including phenoxy) is 1. The van der Waals surface area contributed by atoms with E-state index in [1.165, 1.54) is 6.92 Å². The molecule has 0 amide bonds. The average molecular weight is 153 g/mol. The Hall–Kier alpha value is 0.0544. The third-order valence-corrected chi connectivity index (χ3v) is 0.509. The van der Waals surface area contributed by atoms with E-state index in [1.54, 1.807) is 0 Å². The van der Waals surface area contributed by atoms with Crippen LogP contribution < -0.4 is 0 Å². The van der Waals surface area contributed by atoms with Crippen LogP contribution in [-0.2, 0) is 28.1 Å². The molecule has 0 saturated heterocycles. The Morgan fingerprint density at radius 2 is 2.12 bits per heavy atom. The van der Waals surface area contributed by atoms with Gasteiger partial charge in [-0.15, -0.1) is 0 Å². The Kier molecular flexibility index (Phi) is 9.64. The summed E-state index contributed by atoms with van der Waals surface area (Å²) in [5.41, 5.74) is 0. The quantitative estimate of drug-likeness (QED) is 0.552. The van der Waals surface area contributed by atoms with Gasteiger partial charge in [0.05, 0.1) is 6.61 Å². The van der Waals surface area contributed by atoms with Crippen molar-refractivity contribution in [1.29, 1.82) is 0 Å². The van der Waals surface area contributed by atoms with Crippen molar-refractivity contribution in [2.24, 2.45) is 0 Å². The minimum atomic E-state index is -0.193. The summed E-state index contributed by atoms with van der Waals surface area (Å²) in [5.74, 6) is -0.193. The molecule has 0 bridgehead atoms. The van der Waals surface area contributed by atoms with Gasteiger partial charge < -0.3 is 4.74 Å². The summed E-state index contributed by atoms with van der Waals surface area (Å²) in [6.45, 7) is 3.92. The van der Waals surface area contributed by atoms with E-state index in [2.05, 4.69) is 4.74 Å². The van der Waals surface area contributed by atoms with E-state index in [-0.39, 0.29) is 24.5 Å². The van der Waals surface area contributed by atoms with Crippen LogP contribution in [0.5, 0.6) is 0 Å². The van der Waals surface area contributed by atoms with E-state index in [1.807, 2.05) is 6.92 Å². The monoisotopic (exact) mass is 153 g/mol. The predicted molar refractivity (Wildman–Crippen MR) is 26.9 cm³/mol. The maximum absolute atomic E-state index is 9.98. The molecule has 0 aliphatic heterocycles. The third kappa shape index (κ3) is 9.41. The van der Waals surface area contributed by atoms with Crippen molar-refractivity contribution in [3.8, 4) is 0 Å². The zero-order valence-electron chi connectivity index (χ0n) is 5.18. The second-order valence-corrected chi connectivity index (χ2v) is 1.34. The molecule has 0 unspecified atom stereocenters. The van der Waals surface area contributed by atoms with Gasteiger partial charge in [0.1, 0.15) is 0 Å². The van der Waals surface area contributed by atoms with Crippen molar-refractivity contribution in [2.75, 3.05) is 6.61 Å². The van der Waals surface area contributed by atoms with Crippen molar-refractivity contribution in [3.63, 3.8) is 0 Å². The van der Waals surface area contributed by atoms with Gasteiger partial charge in [-0.05, 0) is 6.42 Å². The maximum Gasteiger partial charge on any atom is 0.302 e. The first-order valence-electron chi connectivity index (χ1n) is 2.40. The summed E-state index contributed by atoms with van der Waals surface area (Å²) < 4.78 is 4.55. The van der Waals surface area contributed by atoms with E-state index >= 15 is 0 Å². The topological polar surface area (TPSA) is 26.3 Å². The molecule has 0 aliphatic rings. The molecule has 1 radical (unpaired) electrons. The summed E-state index contributed by atoms with van der Waals surface area (Å²) >= 11 is 0. The van der Waals surface area contributed by atoms with E-state index in [0.29, 0.717) is 6.61 Å². The fourth-order valence-corrected chi connectivity index (χ4v) is 0.246. The molecule has 0 atom stereocenters. The van der Waals surface area contributed by atoms with Crippen LogP contribution in [0, 0.1) is 0 Å². The second-order valence-electron chi connectivity index (χ2n) is 1.34. The van der Waals surface area contributed by atoms with Gasteiger partial charge in [0.15, 0.2) is 0 Å². The zero-order chi connectivity index (χ0) is 5.70. The SMILES string of the molecule is CCCOC(C)=O.[V]. The van der Waals surface area contributed by atoms with Crippen LogP contribution in [0.15, 0.2) is 0 Å². The van der Waals surface area contributed by atoms with E-state index in [9.17, 15) is 4.79 Å². The molecule has 0 aromatic carbocycles. The maximum atomic E-state index is 9.98. The molecular formula is C5H10O2V. The molecule has 0 saturated carbocycles. The standard InChI is InChI=1S/C5H10O2.V/c1-3-4-7-5(2)6;/h3-4H2,1-2H3;. The van der Waals surface area contributed by atoms with E-state index in [0.717, 1.165) is 6.42 Å². The van der Waals surface area contributed by atoms with Crippen LogP contribution in [0.2, 0.25) is 0 Å². The summed E-state index contributed by atoms with van der Waals surface area (Å²) in [4.78, 5) is 9.98. The number of hydrogen-bond acceptors (Lipinski definition) is 2. The van der Waals surface area contributed by atoms with Crippen LogP contribution in [0.25, 0.3) is 0 Å². The summed E-state index contributed by atoms with van der Waals surface area (Å²) in [6.07, 6.45) is 0.902. The van der Waals surface area contributed by atoms with Crippen molar-refractivity contribution in [1.82, 2.24) is 0 Å². The Labute approximate surface area is 61.5 Å². The first-order valence-corrected chi connectivity index (χ1v) is 2.40. The largest absolute Gasteiger partial charge is 0.466 e. The first-order chi connectivity index (χ1) is 3.27. The van der Waals surface area contributed by atoms with Gasteiger partial charge in [-0.3, -0.25) is 4.79 Å². The number of hydrogen-bond donors (Lipinski definition) is 0. The Bertz CT molecular complexity index is 63.4. The molecular weight excluding hydrogens is 143 g/mol. The molecule has 0 rings (SSSR count). The smallest absolute Gasteiger partial charge is 0.302 e. The normalized spacial score (nSPS) is 7.25. The second kappa shape index (κ2) is 7.05. The third-order valence-electron chi connectivity index (χ3n) is 0.509. The number of carbonyl (C=O) groups is 1. The number of rotatable bonds is 2. The van der Waals surface area contributed by atoms with Crippen molar-refractivity contribution >= 4 is 5.97 Å². The van der Waals surface area contributed by atoms with Crippen molar-refractivity contribution in [2.45, 2.75) is 20.3 Å². The van der Waals surface area contributed by atoms with Gasteiger partial charge in [0.2, 0.25) is 0 Å². The van der Waals surface area contributed by atoms with Gasteiger partial charge >= 0.3 is 5.97 Å². The Balaban J connectivity index is 0. The zero-order valence-corrected chi connectivity index (χ0v) is 6.57. The van der Waals surface area contributed by atoms with Crippen LogP contribution in [0.3, 0.4) is 0 Å². The van der Waals surface area contributed by atoms with Crippen molar-refractivity contribution in [3.05, 3.63) is 0 Å². The van der Waals surface area contributed by atoms with Crippen LogP contribution in [0.1, 0.15) is 20.3 Å². The molecule has 0 fully saturated rings. The van der Waals surface area contributed by atoms with Crippen LogP contribution >= 0.6 is 0 Å². The average Bonchev–Trinajstić information content (AvgIpc) is 1.61. The molecule has 0 heterocycles. The number of esters is 1. The summed E-state index contributed by atoms with van der Waals surface area (Å²) in [6, 6.07) is 0. The molecule has 0 N–H and O–H groups in total. The van der Waals surface area contributed by atoms with E-state index < -0.39 is 0 Å². The van der Waals surface area contributed by atoms with E-state index in [4.69, 9.17) is 0 Å². The molecule has 0 spiro atoms. The first kappa shape index (κ1) is 10.9. The van der Waals surface area contributed by atoms with Gasteiger partial charge in [-0.2, -0.15) is 0 Å². The molecule has 47 valence electrons. The minimum absolute atomic E-state index is 0. The molecule has 0 aliphatic carbocycles. The van der Waals surface area contributed by atoms with Gasteiger partial charge in [0, 0.05) is 25.5 Å². The fourth-order valence-electron chi connectivity index (χ4n) is 0.246.